The van der Waals surface area contributed by atoms with Crippen LogP contribution in [-0.4, -0.2) is 6.61 Å². The van der Waals surface area contributed by atoms with Crippen molar-refractivity contribution in [1.82, 2.24) is 0 Å². The van der Waals surface area contributed by atoms with Gasteiger partial charge in [-0.05, 0) is 35.4 Å². The van der Waals surface area contributed by atoms with E-state index in [0.717, 1.165) is 16.9 Å². The zero-order chi connectivity index (χ0) is 11.4. The summed E-state index contributed by atoms with van der Waals surface area (Å²) in [6.07, 6.45) is 0. The fourth-order valence-corrected chi connectivity index (χ4v) is 2.35. The van der Waals surface area contributed by atoms with Gasteiger partial charge in [0.05, 0.1) is 12.6 Å². The van der Waals surface area contributed by atoms with Gasteiger partial charge in [0.25, 0.3) is 0 Å². The highest BCUT2D eigenvalue weighted by atomic mass is 32.1. The van der Waals surface area contributed by atoms with Crippen molar-refractivity contribution in [3.8, 4) is 5.75 Å². The summed E-state index contributed by atoms with van der Waals surface area (Å²) in [7, 11) is 0. The number of ether oxygens (including phenoxy) is 1. The van der Waals surface area contributed by atoms with Crippen LogP contribution < -0.4 is 10.5 Å². The summed E-state index contributed by atoms with van der Waals surface area (Å²) in [5.74, 6) is 0.878. The summed E-state index contributed by atoms with van der Waals surface area (Å²) in [5, 5.41) is 4.12. The number of hydrogen-bond acceptors (Lipinski definition) is 3. The Morgan fingerprint density at radius 2 is 2.12 bits per heavy atom. The fraction of sp³-hybridized carbons (Fsp3) is 0.231. The van der Waals surface area contributed by atoms with Crippen LogP contribution in [0.4, 0.5) is 0 Å². The van der Waals surface area contributed by atoms with Gasteiger partial charge in [0.1, 0.15) is 5.75 Å². The maximum Gasteiger partial charge on any atom is 0.124 e. The molecule has 2 rings (SSSR count). The third-order valence-corrected chi connectivity index (χ3v) is 3.16. The van der Waals surface area contributed by atoms with Gasteiger partial charge in [-0.25, -0.2) is 0 Å². The van der Waals surface area contributed by atoms with Gasteiger partial charge in [-0.15, -0.1) is 0 Å². The predicted molar refractivity (Wildman–Crippen MR) is 68.0 cm³/mol. The van der Waals surface area contributed by atoms with Crippen LogP contribution in [0, 0.1) is 0 Å². The molecule has 0 aliphatic heterocycles. The molecule has 1 aromatic heterocycles. The maximum atomic E-state index is 6.22. The molecule has 0 aliphatic carbocycles. The first-order valence-electron chi connectivity index (χ1n) is 5.32. The van der Waals surface area contributed by atoms with Crippen molar-refractivity contribution in [3.63, 3.8) is 0 Å². The lowest BCUT2D eigenvalue weighted by atomic mass is 10.0. The lowest BCUT2D eigenvalue weighted by molar-refractivity contribution is 0.335. The van der Waals surface area contributed by atoms with Crippen molar-refractivity contribution >= 4 is 11.3 Å². The Hall–Kier alpha value is -1.32. The molecule has 0 spiro atoms. The number of thiophene rings is 1. The molecule has 3 heteroatoms. The number of hydrogen-bond donors (Lipinski definition) is 1. The molecule has 0 radical (unpaired) electrons. The molecule has 1 atom stereocenters. The third kappa shape index (κ3) is 2.26. The Morgan fingerprint density at radius 3 is 2.81 bits per heavy atom. The van der Waals surface area contributed by atoms with E-state index < -0.39 is 0 Å². The van der Waals surface area contributed by atoms with Gasteiger partial charge in [0.2, 0.25) is 0 Å². The number of nitrogens with two attached hydrogens (primary N) is 1. The molecule has 0 aliphatic rings. The monoisotopic (exact) mass is 233 g/mol. The van der Waals surface area contributed by atoms with Gasteiger partial charge < -0.3 is 10.5 Å². The van der Waals surface area contributed by atoms with Gasteiger partial charge in [0.15, 0.2) is 0 Å². The second-order valence-electron chi connectivity index (χ2n) is 3.51. The average Bonchev–Trinajstić information content (AvgIpc) is 2.83. The number of para-hydroxylation sites is 1. The maximum absolute atomic E-state index is 6.22. The standard InChI is InChI=1S/C13H15NOS/c1-2-15-12-6-4-3-5-11(12)13(14)10-7-8-16-9-10/h3-9,13H,2,14H2,1H3/t13-/m0/s1. The minimum absolute atomic E-state index is 0.103. The largest absolute Gasteiger partial charge is 0.494 e. The molecule has 0 bridgehead atoms. The summed E-state index contributed by atoms with van der Waals surface area (Å²) in [6, 6.07) is 9.89. The highest BCUT2D eigenvalue weighted by Crippen LogP contribution is 2.29. The Kier molecular flexibility index (Phi) is 3.59. The Balaban J connectivity index is 2.32. The minimum atomic E-state index is -0.103. The van der Waals surface area contributed by atoms with Gasteiger partial charge in [-0.1, -0.05) is 18.2 Å². The SMILES string of the molecule is CCOc1ccccc1[C@@H](N)c1ccsc1. The molecule has 0 amide bonds. The van der Waals surface area contributed by atoms with E-state index in [1.807, 2.05) is 36.6 Å². The van der Waals surface area contributed by atoms with Crippen molar-refractivity contribution in [1.29, 1.82) is 0 Å². The van der Waals surface area contributed by atoms with Crippen LogP contribution in [0.2, 0.25) is 0 Å². The minimum Gasteiger partial charge on any atom is -0.494 e. The second kappa shape index (κ2) is 5.14. The molecule has 0 fully saturated rings. The van der Waals surface area contributed by atoms with Gasteiger partial charge >= 0.3 is 0 Å². The van der Waals surface area contributed by atoms with Crippen LogP contribution in [0.15, 0.2) is 41.1 Å². The van der Waals surface area contributed by atoms with Crippen LogP contribution in [0.5, 0.6) is 5.75 Å². The third-order valence-electron chi connectivity index (χ3n) is 2.46. The van der Waals surface area contributed by atoms with E-state index in [-0.39, 0.29) is 6.04 Å². The lowest BCUT2D eigenvalue weighted by Gasteiger charge is -2.15. The Bertz CT molecular complexity index is 439. The fourth-order valence-electron chi connectivity index (χ4n) is 1.66. The zero-order valence-electron chi connectivity index (χ0n) is 9.22. The number of rotatable bonds is 4. The molecule has 16 heavy (non-hydrogen) atoms. The summed E-state index contributed by atoms with van der Waals surface area (Å²) in [6.45, 7) is 2.64. The van der Waals surface area contributed by atoms with E-state index in [1.165, 1.54) is 0 Å². The van der Waals surface area contributed by atoms with Crippen LogP contribution in [-0.2, 0) is 0 Å². The highest BCUT2D eigenvalue weighted by molar-refractivity contribution is 7.08. The Labute approximate surface area is 99.7 Å². The topological polar surface area (TPSA) is 35.2 Å². The number of benzene rings is 1. The first kappa shape index (κ1) is 11.2. The average molecular weight is 233 g/mol. The molecule has 0 unspecified atom stereocenters. The van der Waals surface area contributed by atoms with Crippen LogP contribution in [0.1, 0.15) is 24.1 Å². The predicted octanol–water partition coefficient (Wildman–Crippen LogP) is 3.19. The molecular weight excluding hydrogens is 218 g/mol. The lowest BCUT2D eigenvalue weighted by Crippen LogP contribution is -2.12. The molecule has 0 saturated heterocycles. The van der Waals surface area contributed by atoms with Crippen molar-refractivity contribution in [2.75, 3.05) is 6.61 Å². The van der Waals surface area contributed by atoms with Crippen LogP contribution in [0.3, 0.4) is 0 Å². The molecule has 2 N–H and O–H groups in total. The molecular formula is C13H15NOS. The van der Waals surface area contributed by atoms with Gasteiger partial charge in [-0.3, -0.25) is 0 Å². The van der Waals surface area contributed by atoms with Crippen molar-refractivity contribution in [3.05, 3.63) is 52.2 Å². The van der Waals surface area contributed by atoms with Crippen molar-refractivity contribution in [2.24, 2.45) is 5.73 Å². The summed E-state index contributed by atoms with van der Waals surface area (Å²) in [4.78, 5) is 0. The molecule has 0 saturated carbocycles. The first-order valence-corrected chi connectivity index (χ1v) is 6.26. The van der Waals surface area contributed by atoms with Gasteiger partial charge in [-0.2, -0.15) is 11.3 Å². The highest BCUT2D eigenvalue weighted by Gasteiger charge is 2.13. The molecule has 1 aromatic carbocycles. The van der Waals surface area contributed by atoms with E-state index in [4.69, 9.17) is 10.5 Å². The van der Waals surface area contributed by atoms with E-state index in [1.54, 1.807) is 11.3 Å². The smallest absolute Gasteiger partial charge is 0.124 e. The van der Waals surface area contributed by atoms with E-state index in [0.29, 0.717) is 6.61 Å². The summed E-state index contributed by atoms with van der Waals surface area (Å²) in [5.41, 5.74) is 8.40. The summed E-state index contributed by atoms with van der Waals surface area (Å²) >= 11 is 1.66. The van der Waals surface area contributed by atoms with Crippen LogP contribution in [0.25, 0.3) is 0 Å². The van der Waals surface area contributed by atoms with Crippen molar-refractivity contribution < 1.29 is 4.74 Å². The van der Waals surface area contributed by atoms with Gasteiger partial charge in [0, 0.05) is 5.56 Å². The van der Waals surface area contributed by atoms with E-state index >= 15 is 0 Å². The molecule has 2 nitrogen and oxygen atoms in total. The molecule has 84 valence electrons. The second-order valence-corrected chi connectivity index (χ2v) is 4.29. The van der Waals surface area contributed by atoms with E-state index in [9.17, 15) is 0 Å². The molecule has 2 aromatic rings. The summed E-state index contributed by atoms with van der Waals surface area (Å²) < 4.78 is 5.58. The van der Waals surface area contributed by atoms with E-state index in [2.05, 4.69) is 11.4 Å². The van der Waals surface area contributed by atoms with Crippen molar-refractivity contribution in [2.45, 2.75) is 13.0 Å². The normalized spacial score (nSPS) is 12.4. The Morgan fingerprint density at radius 1 is 1.31 bits per heavy atom. The van der Waals surface area contributed by atoms with Crippen LogP contribution >= 0.6 is 11.3 Å². The molecule has 1 heterocycles. The quantitative estimate of drug-likeness (QED) is 0.880. The first-order chi connectivity index (χ1) is 7.83. The zero-order valence-corrected chi connectivity index (χ0v) is 10.0.